The molecule has 0 aliphatic rings. The largest absolute Gasteiger partial charge is 0.325 e. The van der Waals surface area contributed by atoms with Gasteiger partial charge in [-0.1, -0.05) is 0 Å². The molecule has 0 bridgehead atoms. The highest BCUT2D eigenvalue weighted by Crippen LogP contribution is 2.18. The second-order valence-electron chi connectivity index (χ2n) is 3.14. The average Bonchev–Trinajstić information content (AvgIpc) is 2.64. The molecule has 6 heteroatoms. The van der Waals surface area contributed by atoms with E-state index >= 15 is 0 Å². The van der Waals surface area contributed by atoms with Gasteiger partial charge in [-0.15, -0.1) is 0 Å². The van der Waals surface area contributed by atoms with Crippen molar-refractivity contribution in [1.82, 2.24) is 20.0 Å². The summed E-state index contributed by atoms with van der Waals surface area (Å²) in [4.78, 5) is 11.2. The van der Waals surface area contributed by atoms with E-state index in [9.17, 15) is 4.79 Å². The molecule has 3 N–H and O–H groups in total. The fourth-order valence-corrected chi connectivity index (χ4v) is 1.44. The Labute approximate surface area is 85.7 Å². The third-order valence-corrected chi connectivity index (χ3v) is 2.18. The van der Waals surface area contributed by atoms with Crippen molar-refractivity contribution < 1.29 is 0 Å². The fraction of sp³-hybridized carbons (Fsp3) is 0.222. The molecule has 2 heterocycles. The van der Waals surface area contributed by atoms with Crippen LogP contribution in [0.1, 0.15) is 5.69 Å². The number of nitrogens with two attached hydrogens (primary N) is 1. The molecule has 0 saturated heterocycles. The first-order chi connectivity index (χ1) is 7.22. The van der Waals surface area contributed by atoms with E-state index in [1.165, 1.54) is 6.07 Å². The Morgan fingerprint density at radius 3 is 3.00 bits per heavy atom. The molecular weight excluding hydrogens is 194 g/mol. The van der Waals surface area contributed by atoms with Gasteiger partial charge in [-0.3, -0.25) is 9.48 Å². The predicted octanol–water partition coefficient (Wildman–Crippen LogP) is -0.371. The van der Waals surface area contributed by atoms with Crippen molar-refractivity contribution >= 4 is 0 Å². The molecule has 0 fully saturated rings. The molecule has 2 aromatic heterocycles. The number of H-pyrrole nitrogens is 1. The Kier molecular flexibility index (Phi) is 2.34. The number of hydrogen-bond acceptors (Lipinski definition) is 4. The molecule has 0 amide bonds. The molecule has 0 aliphatic heterocycles. The molecule has 0 spiro atoms. The second-order valence-corrected chi connectivity index (χ2v) is 3.14. The number of rotatable bonds is 2. The van der Waals surface area contributed by atoms with Gasteiger partial charge in [0.25, 0.3) is 5.56 Å². The zero-order chi connectivity index (χ0) is 10.8. The lowest BCUT2D eigenvalue weighted by atomic mass is 10.1. The van der Waals surface area contributed by atoms with Gasteiger partial charge in [-0.05, 0) is 6.07 Å². The summed E-state index contributed by atoms with van der Waals surface area (Å²) in [5.41, 5.74) is 7.50. The average molecular weight is 205 g/mol. The van der Waals surface area contributed by atoms with Crippen LogP contribution in [-0.2, 0) is 13.6 Å². The van der Waals surface area contributed by atoms with Crippen LogP contribution < -0.4 is 11.3 Å². The fourth-order valence-electron chi connectivity index (χ4n) is 1.44. The minimum atomic E-state index is -0.247. The van der Waals surface area contributed by atoms with E-state index in [1.54, 1.807) is 17.9 Å². The van der Waals surface area contributed by atoms with Crippen LogP contribution in [0, 0.1) is 0 Å². The third-order valence-electron chi connectivity index (χ3n) is 2.18. The van der Waals surface area contributed by atoms with Crippen LogP contribution in [0.2, 0.25) is 0 Å². The van der Waals surface area contributed by atoms with Gasteiger partial charge >= 0.3 is 0 Å². The van der Waals surface area contributed by atoms with Crippen molar-refractivity contribution in [2.75, 3.05) is 0 Å². The van der Waals surface area contributed by atoms with Crippen LogP contribution in [0.4, 0.5) is 0 Å². The van der Waals surface area contributed by atoms with Crippen molar-refractivity contribution in [3.8, 4) is 11.3 Å². The highest BCUT2D eigenvalue weighted by molar-refractivity contribution is 5.61. The number of nitrogens with zero attached hydrogens (tertiary/aromatic N) is 3. The Morgan fingerprint density at radius 1 is 1.60 bits per heavy atom. The summed E-state index contributed by atoms with van der Waals surface area (Å²) in [6.45, 7) is 0.275. The number of aryl methyl sites for hydroxylation is 1. The quantitative estimate of drug-likeness (QED) is 0.700. The maximum atomic E-state index is 11.2. The van der Waals surface area contributed by atoms with Crippen molar-refractivity contribution in [3.63, 3.8) is 0 Å². The molecule has 78 valence electrons. The maximum absolute atomic E-state index is 11.2. The first kappa shape index (κ1) is 9.60. The number of nitrogens with one attached hydrogen (secondary N) is 1. The molecule has 15 heavy (non-hydrogen) atoms. The molecule has 0 saturated carbocycles. The smallest absolute Gasteiger partial charge is 0.264 e. The van der Waals surface area contributed by atoms with E-state index in [-0.39, 0.29) is 12.1 Å². The van der Waals surface area contributed by atoms with E-state index in [0.29, 0.717) is 5.69 Å². The maximum Gasteiger partial charge on any atom is 0.264 e. The zero-order valence-corrected chi connectivity index (χ0v) is 8.27. The van der Waals surface area contributed by atoms with Crippen LogP contribution in [0.3, 0.4) is 0 Å². The Bertz CT molecular complexity index is 527. The monoisotopic (exact) mass is 205 g/mol. The number of hydrogen-bond donors (Lipinski definition) is 2. The molecule has 0 aromatic carbocycles. The van der Waals surface area contributed by atoms with Gasteiger partial charge in [0.2, 0.25) is 0 Å². The van der Waals surface area contributed by atoms with Gasteiger partial charge in [0, 0.05) is 31.4 Å². The lowest BCUT2D eigenvalue weighted by molar-refractivity contribution is 0.770. The van der Waals surface area contributed by atoms with E-state index in [2.05, 4.69) is 15.3 Å². The SMILES string of the molecule is Cn1nccc1-c1cc(=O)[nH]nc1CN. The van der Waals surface area contributed by atoms with Crippen molar-refractivity contribution in [2.45, 2.75) is 6.54 Å². The van der Waals surface area contributed by atoms with E-state index in [0.717, 1.165) is 11.3 Å². The zero-order valence-electron chi connectivity index (χ0n) is 8.27. The minimum Gasteiger partial charge on any atom is -0.325 e. The summed E-state index contributed by atoms with van der Waals surface area (Å²) in [6, 6.07) is 3.29. The van der Waals surface area contributed by atoms with Gasteiger partial charge in [0.1, 0.15) is 0 Å². The van der Waals surface area contributed by atoms with Crippen LogP contribution in [-0.4, -0.2) is 20.0 Å². The summed E-state index contributed by atoms with van der Waals surface area (Å²) < 4.78 is 1.68. The predicted molar refractivity (Wildman–Crippen MR) is 55.0 cm³/mol. The first-order valence-corrected chi connectivity index (χ1v) is 4.49. The van der Waals surface area contributed by atoms with Gasteiger partial charge in [0.15, 0.2) is 0 Å². The first-order valence-electron chi connectivity index (χ1n) is 4.49. The van der Waals surface area contributed by atoms with Crippen LogP contribution in [0.5, 0.6) is 0 Å². The molecule has 2 rings (SSSR count). The standard InChI is InChI=1S/C9H11N5O/c1-14-8(2-3-11-14)6-4-9(15)13-12-7(6)5-10/h2-4H,5,10H2,1H3,(H,13,15). The van der Waals surface area contributed by atoms with Gasteiger partial charge in [-0.25, -0.2) is 5.10 Å². The van der Waals surface area contributed by atoms with Crippen molar-refractivity contribution in [3.05, 3.63) is 34.4 Å². The normalized spacial score (nSPS) is 10.5. The van der Waals surface area contributed by atoms with Gasteiger partial charge in [0.05, 0.1) is 11.4 Å². The summed E-state index contributed by atoms with van der Waals surface area (Å²) in [5, 5.41) is 10.3. The highest BCUT2D eigenvalue weighted by Gasteiger charge is 2.09. The molecule has 0 unspecified atom stereocenters. The molecule has 0 atom stereocenters. The van der Waals surface area contributed by atoms with Gasteiger partial charge in [-0.2, -0.15) is 10.2 Å². The van der Waals surface area contributed by atoms with Crippen molar-refractivity contribution in [1.29, 1.82) is 0 Å². The van der Waals surface area contributed by atoms with E-state index in [4.69, 9.17) is 5.73 Å². The lowest BCUT2D eigenvalue weighted by Gasteiger charge is -2.05. The summed E-state index contributed by atoms with van der Waals surface area (Å²) in [6.07, 6.45) is 1.66. The molecule has 0 aliphatic carbocycles. The Hall–Kier alpha value is -1.95. The highest BCUT2D eigenvalue weighted by atomic mass is 16.1. The van der Waals surface area contributed by atoms with Crippen LogP contribution in [0.15, 0.2) is 23.1 Å². The summed E-state index contributed by atoms with van der Waals surface area (Å²) in [5.74, 6) is 0. The molecule has 6 nitrogen and oxygen atoms in total. The molecule has 0 radical (unpaired) electrons. The van der Waals surface area contributed by atoms with Crippen molar-refractivity contribution in [2.24, 2.45) is 12.8 Å². The summed E-state index contributed by atoms with van der Waals surface area (Å²) >= 11 is 0. The van der Waals surface area contributed by atoms with Crippen LogP contribution >= 0.6 is 0 Å². The number of aromatic amines is 1. The summed E-state index contributed by atoms with van der Waals surface area (Å²) in [7, 11) is 1.80. The molecule has 2 aromatic rings. The minimum absolute atomic E-state index is 0.247. The Balaban J connectivity index is 2.66. The second kappa shape index (κ2) is 3.66. The lowest BCUT2D eigenvalue weighted by Crippen LogP contribution is -2.13. The van der Waals surface area contributed by atoms with E-state index in [1.807, 2.05) is 6.07 Å². The van der Waals surface area contributed by atoms with Gasteiger partial charge < -0.3 is 5.73 Å². The third kappa shape index (κ3) is 1.66. The van der Waals surface area contributed by atoms with Crippen LogP contribution in [0.25, 0.3) is 11.3 Å². The topological polar surface area (TPSA) is 89.6 Å². The molecular formula is C9H11N5O. The Morgan fingerprint density at radius 2 is 2.40 bits per heavy atom. The number of aromatic nitrogens is 4. The van der Waals surface area contributed by atoms with E-state index < -0.39 is 0 Å².